The molecule has 4 aromatic carbocycles. The van der Waals surface area contributed by atoms with Crippen LogP contribution in [-0.4, -0.2) is 23.3 Å². The molecule has 1 heterocycles. The Balaban J connectivity index is 1.69. The van der Waals surface area contributed by atoms with Gasteiger partial charge >= 0.3 is 0 Å². The molecule has 8 nitrogen and oxygen atoms in total. The summed E-state index contributed by atoms with van der Waals surface area (Å²) < 4.78 is 6.38. The van der Waals surface area contributed by atoms with Gasteiger partial charge in [0.05, 0.1) is 22.8 Å². The van der Waals surface area contributed by atoms with Crippen LogP contribution in [0.2, 0.25) is 0 Å². The minimum atomic E-state index is -0.622. The molecule has 9 heteroatoms. The summed E-state index contributed by atoms with van der Waals surface area (Å²) in [5.74, 6) is -0.513. The second-order valence-corrected chi connectivity index (χ2v) is 9.50. The summed E-state index contributed by atoms with van der Waals surface area (Å²) in [4.78, 5) is 39.9. The highest BCUT2D eigenvalue weighted by Gasteiger charge is 2.37. The maximum Gasteiger partial charge on any atom is 0.294 e. The highest BCUT2D eigenvalue weighted by molar-refractivity contribution is 9.10. The zero-order chi connectivity index (χ0) is 26.4. The third-order valence-electron chi connectivity index (χ3n) is 6.59. The molecular formula is C28H22BrN3O5. The monoisotopic (exact) mass is 559 g/mol. The van der Waals surface area contributed by atoms with Crippen molar-refractivity contribution in [3.8, 4) is 5.75 Å². The van der Waals surface area contributed by atoms with E-state index in [4.69, 9.17) is 4.74 Å². The summed E-state index contributed by atoms with van der Waals surface area (Å²) in [7, 11) is 0. The Kier molecular flexibility index (Phi) is 6.16. The average Bonchev–Trinajstić information content (AvgIpc) is 2.89. The third-order valence-corrected chi connectivity index (χ3v) is 7.45. The van der Waals surface area contributed by atoms with Gasteiger partial charge < -0.3 is 10.1 Å². The van der Waals surface area contributed by atoms with Crippen LogP contribution in [0.15, 0.2) is 65.1 Å². The van der Waals surface area contributed by atoms with Crippen molar-refractivity contribution in [3.05, 3.63) is 97.5 Å². The molecule has 0 saturated heterocycles. The van der Waals surface area contributed by atoms with Crippen LogP contribution in [0, 0.1) is 24.0 Å². The van der Waals surface area contributed by atoms with Crippen LogP contribution < -0.4 is 15.0 Å². The van der Waals surface area contributed by atoms with Gasteiger partial charge in [-0.1, -0.05) is 28.1 Å². The molecule has 2 amide bonds. The Morgan fingerprint density at radius 1 is 0.973 bits per heavy atom. The van der Waals surface area contributed by atoms with Crippen molar-refractivity contribution in [2.75, 3.05) is 16.8 Å². The predicted octanol–water partition coefficient (Wildman–Crippen LogP) is 7.07. The van der Waals surface area contributed by atoms with Crippen LogP contribution in [0.1, 0.15) is 38.8 Å². The fourth-order valence-electron chi connectivity index (χ4n) is 4.58. The Bertz CT molecular complexity index is 1620. The molecule has 0 bridgehead atoms. The van der Waals surface area contributed by atoms with Crippen molar-refractivity contribution in [1.29, 1.82) is 0 Å². The van der Waals surface area contributed by atoms with E-state index in [1.165, 1.54) is 6.07 Å². The first kappa shape index (κ1) is 24.5. The molecule has 1 N–H and O–H groups in total. The molecule has 1 aliphatic rings. The molecule has 0 unspecified atom stereocenters. The number of benzene rings is 4. The second-order valence-electron chi connectivity index (χ2n) is 8.65. The van der Waals surface area contributed by atoms with Crippen molar-refractivity contribution < 1.29 is 19.2 Å². The normalized spacial score (nSPS) is 12.7. The van der Waals surface area contributed by atoms with Gasteiger partial charge in [-0.05, 0) is 74.4 Å². The maximum atomic E-state index is 13.6. The van der Waals surface area contributed by atoms with Gasteiger partial charge in [-0.2, -0.15) is 0 Å². The molecule has 0 fully saturated rings. The van der Waals surface area contributed by atoms with Crippen LogP contribution in [0.25, 0.3) is 10.8 Å². The van der Waals surface area contributed by atoms with Gasteiger partial charge in [-0.3, -0.25) is 19.7 Å². The number of nitrogens with zero attached hydrogens (tertiary/aromatic N) is 2. The summed E-state index contributed by atoms with van der Waals surface area (Å²) in [6, 6.07) is 16.5. The molecule has 0 saturated carbocycles. The highest BCUT2D eigenvalue weighted by atomic mass is 79.9. The van der Waals surface area contributed by atoms with Crippen LogP contribution in [0.4, 0.5) is 22.7 Å². The number of nitro groups is 1. The minimum Gasteiger partial charge on any atom is -0.494 e. The molecule has 0 spiro atoms. The van der Waals surface area contributed by atoms with E-state index in [0.29, 0.717) is 40.1 Å². The van der Waals surface area contributed by atoms with Crippen LogP contribution in [0.3, 0.4) is 0 Å². The number of imide groups is 1. The van der Waals surface area contributed by atoms with E-state index in [1.807, 2.05) is 32.9 Å². The van der Waals surface area contributed by atoms with E-state index in [0.717, 1.165) is 20.5 Å². The quantitative estimate of drug-likeness (QED) is 0.154. The zero-order valence-electron chi connectivity index (χ0n) is 20.3. The largest absolute Gasteiger partial charge is 0.494 e. The molecule has 4 aromatic rings. The van der Waals surface area contributed by atoms with Crippen LogP contribution >= 0.6 is 15.9 Å². The molecule has 37 heavy (non-hydrogen) atoms. The fraction of sp³-hybridized carbons (Fsp3) is 0.143. The first-order chi connectivity index (χ1) is 17.7. The van der Waals surface area contributed by atoms with E-state index in [2.05, 4.69) is 21.2 Å². The van der Waals surface area contributed by atoms with Crippen molar-refractivity contribution in [2.45, 2.75) is 20.8 Å². The standard InChI is InChI=1S/C28H22BrN3O5/c1-4-37-18-10-8-17(9-11-18)31-27(33)20-7-5-6-19-25(20)21(28(31)34)14-24(32(35)36)26(19)30-23-13-12-22(29)15(2)16(23)3/h5-14,30H,4H2,1-3H3. The number of nitro benzene ring substituents is 1. The predicted molar refractivity (Wildman–Crippen MR) is 146 cm³/mol. The van der Waals surface area contributed by atoms with Gasteiger partial charge in [0, 0.05) is 32.6 Å². The molecule has 0 radical (unpaired) electrons. The molecular weight excluding hydrogens is 538 g/mol. The number of hydrogen-bond acceptors (Lipinski definition) is 6. The molecule has 0 atom stereocenters. The number of carbonyl (C=O) groups is 2. The van der Waals surface area contributed by atoms with Gasteiger partial charge in [-0.15, -0.1) is 0 Å². The van der Waals surface area contributed by atoms with Crippen LogP contribution in [-0.2, 0) is 0 Å². The lowest BCUT2D eigenvalue weighted by Gasteiger charge is -2.28. The second kappa shape index (κ2) is 9.33. The summed E-state index contributed by atoms with van der Waals surface area (Å²) in [5.41, 5.74) is 3.31. The zero-order valence-corrected chi connectivity index (χ0v) is 21.9. The summed E-state index contributed by atoms with van der Waals surface area (Å²) in [6.45, 7) is 6.21. The van der Waals surface area contributed by atoms with Gasteiger partial charge in [0.25, 0.3) is 17.5 Å². The molecule has 5 rings (SSSR count). The van der Waals surface area contributed by atoms with Gasteiger partial charge in [0.2, 0.25) is 0 Å². The van der Waals surface area contributed by atoms with Crippen molar-refractivity contribution >= 4 is 61.3 Å². The van der Waals surface area contributed by atoms with E-state index >= 15 is 0 Å². The van der Waals surface area contributed by atoms with Crippen molar-refractivity contribution in [1.82, 2.24) is 0 Å². The smallest absolute Gasteiger partial charge is 0.294 e. The highest BCUT2D eigenvalue weighted by Crippen LogP contribution is 2.43. The number of amides is 2. The average molecular weight is 560 g/mol. The number of hydrogen-bond donors (Lipinski definition) is 1. The third kappa shape index (κ3) is 4.01. The maximum absolute atomic E-state index is 13.6. The fourth-order valence-corrected chi connectivity index (χ4v) is 5.01. The number of carbonyl (C=O) groups excluding carboxylic acids is 2. The molecule has 186 valence electrons. The Labute approximate surface area is 221 Å². The number of ether oxygens (including phenoxy) is 1. The Hall–Kier alpha value is -4.24. The summed E-state index contributed by atoms with van der Waals surface area (Å²) >= 11 is 3.51. The molecule has 0 aliphatic carbocycles. The van der Waals surface area contributed by atoms with E-state index in [9.17, 15) is 19.7 Å². The lowest BCUT2D eigenvalue weighted by molar-refractivity contribution is -0.383. The number of anilines is 3. The van der Waals surface area contributed by atoms with Crippen LogP contribution in [0.5, 0.6) is 5.75 Å². The van der Waals surface area contributed by atoms with Crippen molar-refractivity contribution in [3.63, 3.8) is 0 Å². The number of nitrogens with one attached hydrogen (secondary N) is 1. The SMILES string of the molecule is CCOc1ccc(N2C(=O)c3cccc4c(Nc5ccc(Br)c(C)c5C)c([N+](=O)[O-])cc(c34)C2=O)cc1. The lowest BCUT2D eigenvalue weighted by atomic mass is 9.91. The van der Waals surface area contributed by atoms with Crippen molar-refractivity contribution in [2.24, 2.45) is 0 Å². The number of rotatable bonds is 6. The summed E-state index contributed by atoms with van der Waals surface area (Å²) in [6.07, 6.45) is 0. The van der Waals surface area contributed by atoms with Gasteiger partial charge in [-0.25, -0.2) is 4.90 Å². The first-order valence-electron chi connectivity index (χ1n) is 11.6. The summed E-state index contributed by atoms with van der Waals surface area (Å²) in [5, 5.41) is 16.2. The Morgan fingerprint density at radius 3 is 2.35 bits per heavy atom. The minimum absolute atomic E-state index is 0.0973. The Morgan fingerprint density at radius 2 is 1.68 bits per heavy atom. The topological polar surface area (TPSA) is 102 Å². The van der Waals surface area contributed by atoms with Gasteiger partial charge in [0.15, 0.2) is 0 Å². The molecule has 1 aliphatic heterocycles. The van der Waals surface area contributed by atoms with E-state index in [-0.39, 0.29) is 16.9 Å². The molecule has 0 aromatic heterocycles. The lowest BCUT2D eigenvalue weighted by Crippen LogP contribution is -2.40. The van der Waals surface area contributed by atoms with E-state index < -0.39 is 16.7 Å². The van der Waals surface area contributed by atoms with Gasteiger partial charge in [0.1, 0.15) is 11.4 Å². The number of halogens is 1. The first-order valence-corrected chi connectivity index (χ1v) is 12.4. The van der Waals surface area contributed by atoms with E-state index in [1.54, 1.807) is 42.5 Å².